The van der Waals surface area contributed by atoms with Crippen LogP contribution in [0.3, 0.4) is 0 Å². The van der Waals surface area contributed by atoms with Gasteiger partial charge >= 0.3 is 0 Å². The lowest BCUT2D eigenvalue weighted by Gasteiger charge is -2.14. The van der Waals surface area contributed by atoms with Gasteiger partial charge in [-0.15, -0.1) is 0 Å². The Morgan fingerprint density at radius 3 is 2.57 bits per heavy atom. The van der Waals surface area contributed by atoms with Gasteiger partial charge in [0, 0.05) is 11.0 Å². The van der Waals surface area contributed by atoms with Crippen LogP contribution in [0.2, 0.25) is 0 Å². The standard InChI is InChI=1S/C16H25BrN2O2/c1-11-9-14(12(2)13(3)16(11)17)21-10-15(20)18-7-6-8-19(4)5/h9H,6-8,10H2,1-5H3,(H,18,20). The number of hydrogen-bond donors (Lipinski definition) is 1. The Bertz CT molecular complexity index is 502. The first kappa shape index (κ1) is 18.0. The average molecular weight is 357 g/mol. The van der Waals surface area contributed by atoms with E-state index >= 15 is 0 Å². The van der Waals surface area contributed by atoms with E-state index in [0.29, 0.717) is 6.54 Å². The zero-order valence-corrected chi connectivity index (χ0v) is 15.1. The number of hydrogen-bond acceptors (Lipinski definition) is 3. The van der Waals surface area contributed by atoms with Gasteiger partial charge in [-0.2, -0.15) is 0 Å². The van der Waals surface area contributed by atoms with Crippen molar-refractivity contribution in [2.45, 2.75) is 27.2 Å². The molecule has 0 saturated carbocycles. The average Bonchev–Trinajstić information content (AvgIpc) is 2.43. The predicted octanol–water partition coefficient (Wildman–Crippen LogP) is 2.82. The van der Waals surface area contributed by atoms with Gasteiger partial charge in [-0.3, -0.25) is 4.79 Å². The Morgan fingerprint density at radius 1 is 1.29 bits per heavy atom. The van der Waals surface area contributed by atoms with Gasteiger partial charge in [0.25, 0.3) is 5.91 Å². The molecule has 0 atom stereocenters. The van der Waals surface area contributed by atoms with Crippen LogP contribution in [-0.4, -0.2) is 44.6 Å². The SMILES string of the molecule is Cc1cc(OCC(=O)NCCCN(C)C)c(C)c(C)c1Br. The van der Waals surface area contributed by atoms with Gasteiger partial charge in [0.1, 0.15) is 5.75 Å². The van der Waals surface area contributed by atoms with Crippen LogP contribution in [0.15, 0.2) is 10.5 Å². The molecule has 21 heavy (non-hydrogen) atoms. The molecule has 0 fully saturated rings. The minimum absolute atomic E-state index is 0.0588. The maximum Gasteiger partial charge on any atom is 0.257 e. The normalized spacial score (nSPS) is 10.8. The molecule has 1 amide bonds. The fourth-order valence-corrected chi connectivity index (χ4v) is 2.39. The predicted molar refractivity (Wildman–Crippen MR) is 90.0 cm³/mol. The molecule has 1 aromatic carbocycles. The zero-order valence-electron chi connectivity index (χ0n) is 13.5. The number of aryl methyl sites for hydroxylation is 1. The summed E-state index contributed by atoms with van der Waals surface area (Å²) in [4.78, 5) is 13.8. The molecule has 0 unspecified atom stereocenters. The van der Waals surface area contributed by atoms with Crippen molar-refractivity contribution in [3.63, 3.8) is 0 Å². The molecule has 0 radical (unpaired) electrons. The number of carbonyl (C=O) groups is 1. The summed E-state index contributed by atoms with van der Waals surface area (Å²) in [6.45, 7) is 7.77. The van der Waals surface area contributed by atoms with E-state index in [1.807, 2.05) is 40.9 Å². The van der Waals surface area contributed by atoms with Crippen molar-refractivity contribution in [1.82, 2.24) is 10.2 Å². The van der Waals surface area contributed by atoms with Gasteiger partial charge < -0.3 is 15.0 Å². The van der Waals surface area contributed by atoms with Crippen molar-refractivity contribution < 1.29 is 9.53 Å². The number of ether oxygens (including phenoxy) is 1. The summed E-state index contributed by atoms with van der Waals surface area (Å²) in [7, 11) is 4.04. The fraction of sp³-hybridized carbons (Fsp3) is 0.562. The molecule has 0 heterocycles. The molecule has 0 saturated heterocycles. The maximum absolute atomic E-state index is 11.8. The van der Waals surface area contributed by atoms with Crippen molar-refractivity contribution in [2.24, 2.45) is 0 Å². The van der Waals surface area contributed by atoms with Crippen LogP contribution < -0.4 is 10.1 Å². The highest BCUT2D eigenvalue weighted by molar-refractivity contribution is 9.10. The third-order valence-electron chi connectivity index (χ3n) is 3.42. The van der Waals surface area contributed by atoms with Crippen LogP contribution in [0.1, 0.15) is 23.1 Å². The Labute approximate surface area is 136 Å². The number of carbonyl (C=O) groups excluding carboxylic acids is 1. The summed E-state index contributed by atoms with van der Waals surface area (Å²) in [5.41, 5.74) is 3.32. The van der Waals surface area contributed by atoms with E-state index in [0.717, 1.165) is 39.9 Å². The number of halogens is 1. The van der Waals surface area contributed by atoms with Crippen molar-refractivity contribution in [2.75, 3.05) is 33.8 Å². The fourth-order valence-electron chi connectivity index (χ4n) is 1.98. The molecule has 1 aromatic rings. The largest absolute Gasteiger partial charge is 0.483 e. The second kappa shape index (κ2) is 8.39. The second-order valence-electron chi connectivity index (χ2n) is 5.55. The quantitative estimate of drug-likeness (QED) is 0.763. The summed E-state index contributed by atoms with van der Waals surface area (Å²) in [6.07, 6.45) is 0.939. The Kier molecular flexibility index (Phi) is 7.18. The summed E-state index contributed by atoms with van der Waals surface area (Å²) in [6, 6.07) is 1.96. The van der Waals surface area contributed by atoms with Crippen LogP contribution in [0.25, 0.3) is 0 Å². The Balaban J connectivity index is 2.47. The lowest BCUT2D eigenvalue weighted by atomic mass is 10.1. The molecular formula is C16H25BrN2O2. The molecule has 0 bridgehead atoms. The number of benzene rings is 1. The van der Waals surface area contributed by atoms with Crippen molar-refractivity contribution in [1.29, 1.82) is 0 Å². The number of nitrogens with zero attached hydrogens (tertiary/aromatic N) is 1. The van der Waals surface area contributed by atoms with E-state index in [1.54, 1.807) is 0 Å². The molecule has 1 N–H and O–H groups in total. The smallest absolute Gasteiger partial charge is 0.257 e. The third kappa shape index (κ3) is 5.67. The van der Waals surface area contributed by atoms with Gasteiger partial charge in [-0.1, -0.05) is 15.9 Å². The van der Waals surface area contributed by atoms with Gasteiger partial charge in [0.05, 0.1) is 0 Å². The van der Waals surface area contributed by atoms with E-state index in [-0.39, 0.29) is 12.5 Å². The summed E-state index contributed by atoms with van der Waals surface area (Å²) in [5, 5.41) is 2.87. The first-order chi connectivity index (χ1) is 9.82. The molecule has 0 aliphatic carbocycles. The Hall–Kier alpha value is -1.07. The van der Waals surface area contributed by atoms with E-state index in [9.17, 15) is 4.79 Å². The van der Waals surface area contributed by atoms with E-state index in [1.165, 1.54) is 0 Å². The Morgan fingerprint density at radius 2 is 1.95 bits per heavy atom. The van der Waals surface area contributed by atoms with Crippen molar-refractivity contribution in [3.05, 3.63) is 27.2 Å². The molecule has 5 heteroatoms. The second-order valence-corrected chi connectivity index (χ2v) is 6.34. The maximum atomic E-state index is 11.8. The molecule has 0 spiro atoms. The highest BCUT2D eigenvalue weighted by atomic mass is 79.9. The number of nitrogens with one attached hydrogen (secondary N) is 1. The summed E-state index contributed by atoms with van der Waals surface area (Å²) >= 11 is 3.56. The minimum atomic E-state index is -0.0774. The topological polar surface area (TPSA) is 41.6 Å². The van der Waals surface area contributed by atoms with Crippen LogP contribution in [0.5, 0.6) is 5.75 Å². The van der Waals surface area contributed by atoms with Crippen molar-refractivity contribution >= 4 is 21.8 Å². The molecule has 1 rings (SSSR count). The van der Waals surface area contributed by atoms with Crippen LogP contribution >= 0.6 is 15.9 Å². The van der Waals surface area contributed by atoms with Gasteiger partial charge in [-0.05, 0) is 70.6 Å². The van der Waals surface area contributed by atoms with Crippen molar-refractivity contribution in [3.8, 4) is 5.75 Å². The lowest BCUT2D eigenvalue weighted by molar-refractivity contribution is -0.123. The molecule has 0 aliphatic heterocycles. The minimum Gasteiger partial charge on any atom is -0.483 e. The number of rotatable bonds is 7. The van der Waals surface area contributed by atoms with Crippen LogP contribution in [0.4, 0.5) is 0 Å². The van der Waals surface area contributed by atoms with E-state index < -0.39 is 0 Å². The van der Waals surface area contributed by atoms with Crippen LogP contribution in [0, 0.1) is 20.8 Å². The van der Waals surface area contributed by atoms with Gasteiger partial charge in [0.15, 0.2) is 6.61 Å². The van der Waals surface area contributed by atoms with Gasteiger partial charge in [0.2, 0.25) is 0 Å². The molecule has 0 aromatic heterocycles. The monoisotopic (exact) mass is 356 g/mol. The highest BCUT2D eigenvalue weighted by Gasteiger charge is 2.10. The summed E-state index contributed by atoms with van der Waals surface area (Å²) < 4.78 is 6.75. The first-order valence-electron chi connectivity index (χ1n) is 7.13. The molecule has 118 valence electrons. The molecule has 4 nitrogen and oxygen atoms in total. The number of amides is 1. The first-order valence-corrected chi connectivity index (χ1v) is 7.92. The van der Waals surface area contributed by atoms with Crippen LogP contribution in [-0.2, 0) is 4.79 Å². The molecule has 0 aliphatic rings. The van der Waals surface area contributed by atoms with E-state index in [4.69, 9.17) is 4.74 Å². The summed E-state index contributed by atoms with van der Waals surface area (Å²) in [5.74, 6) is 0.697. The zero-order chi connectivity index (χ0) is 16.0. The highest BCUT2D eigenvalue weighted by Crippen LogP contribution is 2.31. The lowest BCUT2D eigenvalue weighted by Crippen LogP contribution is -2.31. The third-order valence-corrected chi connectivity index (χ3v) is 4.64. The van der Waals surface area contributed by atoms with Gasteiger partial charge in [-0.25, -0.2) is 0 Å². The molecular weight excluding hydrogens is 332 g/mol. The van der Waals surface area contributed by atoms with E-state index in [2.05, 4.69) is 26.1 Å².